The van der Waals surface area contributed by atoms with E-state index in [2.05, 4.69) is 25.4 Å². The van der Waals surface area contributed by atoms with Crippen molar-refractivity contribution in [2.24, 2.45) is 0 Å². The van der Waals surface area contributed by atoms with E-state index >= 15 is 0 Å². The third-order valence-electron chi connectivity index (χ3n) is 4.91. The Labute approximate surface area is 125 Å². The molecule has 116 valence electrons. The van der Waals surface area contributed by atoms with Crippen LogP contribution in [0, 0.1) is 6.92 Å². The number of hydrogen-bond acceptors (Lipinski definition) is 4. The highest BCUT2D eigenvalue weighted by molar-refractivity contribution is 5.87. The maximum Gasteiger partial charge on any atom is 0.241 e. The first-order valence-corrected chi connectivity index (χ1v) is 8.07. The van der Waals surface area contributed by atoms with Crippen LogP contribution in [0.1, 0.15) is 63.1 Å². The zero-order valence-corrected chi connectivity index (χ0v) is 13.0. The van der Waals surface area contributed by atoms with E-state index in [0.717, 1.165) is 44.6 Å². The maximum atomic E-state index is 12.9. The number of aromatic nitrogens is 3. The Hall–Kier alpha value is -1.43. The highest BCUT2D eigenvalue weighted by Crippen LogP contribution is 2.38. The molecule has 2 heterocycles. The molecule has 0 radical (unpaired) electrons. The fraction of sp³-hybridized carbons (Fsp3) is 0.800. The number of hydrogen-bond donors (Lipinski definition) is 2. The molecule has 6 nitrogen and oxygen atoms in total. The van der Waals surface area contributed by atoms with Gasteiger partial charge in [0.05, 0.1) is 6.04 Å². The highest BCUT2D eigenvalue weighted by Gasteiger charge is 2.47. The van der Waals surface area contributed by atoms with Gasteiger partial charge in [-0.15, -0.1) is 0 Å². The third kappa shape index (κ3) is 2.69. The summed E-state index contributed by atoms with van der Waals surface area (Å²) in [5.74, 6) is 1.61. The molecule has 3 rings (SSSR count). The Bertz CT molecular complexity index is 500. The maximum absolute atomic E-state index is 12.9. The number of rotatable bonds is 4. The summed E-state index contributed by atoms with van der Waals surface area (Å²) in [6.45, 7) is 5.93. The van der Waals surface area contributed by atoms with E-state index in [-0.39, 0.29) is 17.5 Å². The van der Waals surface area contributed by atoms with Gasteiger partial charge in [-0.1, -0.05) is 12.8 Å². The first-order valence-electron chi connectivity index (χ1n) is 8.07. The Morgan fingerprint density at radius 3 is 2.52 bits per heavy atom. The van der Waals surface area contributed by atoms with Crippen molar-refractivity contribution in [3.05, 3.63) is 11.6 Å². The van der Waals surface area contributed by atoms with Crippen LogP contribution in [0.4, 0.5) is 0 Å². The van der Waals surface area contributed by atoms with Crippen LogP contribution in [0.5, 0.6) is 0 Å². The van der Waals surface area contributed by atoms with Gasteiger partial charge in [0.15, 0.2) is 5.82 Å². The second kappa shape index (κ2) is 5.75. The molecular weight excluding hydrogens is 266 g/mol. The molecule has 0 spiro atoms. The predicted molar refractivity (Wildman–Crippen MR) is 79.7 cm³/mol. The molecule has 1 saturated heterocycles. The van der Waals surface area contributed by atoms with Gasteiger partial charge in [-0.3, -0.25) is 14.8 Å². The van der Waals surface area contributed by atoms with Crippen molar-refractivity contribution in [2.75, 3.05) is 13.1 Å². The largest absolute Gasteiger partial charge is 0.345 e. The van der Waals surface area contributed by atoms with E-state index in [1.165, 1.54) is 12.8 Å². The predicted octanol–water partition coefficient (Wildman–Crippen LogP) is 1.70. The Morgan fingerprint density at radius 2 is 1.95 bits per heavy atom. The zero-order chi connectivity index (χ0) is 14.9. The minimum Gasteiger partial charge on any atom is -0.345 e. The number of carbonyl (C=O) groups is 1. The molecule has 1 aromatic heterocycles. The summed E-state index contributed by atoms with van der Waals surface area (Å²) in [4.78, 5) is 19.6. The Balaban J connectivity index is 1.72. The van der Waals surface area contributed by atoms with Gasteiger partial charge >= 0.3 is 0 Å². The number of carbonyl (C=O) groups excluding carboxylic acids is 1. The van der Waals surface area contributed by atoms with E-state index in [4.69, 9.17) is 0 Å². The molecule has 2 N–H and O–H groups in total. The van der Waals surface area contributed by atoms with Crippen molar-refractivity contribution in [2.45, 2.75) is 64.0 Å². The van der Waals surface area contributed by atoms with Crippen LogP contribution in [0.3, 0.4) is 0 Å². The van der Waals surface area contributed by atoms with E-state index in [1.807, 2.05) is 13.8 Å². The van der Waals surface area contributed by atoms with Crippen LogP contribution >= 0.6 is 0 Å². The summed E-state index contributed by atoms with van der Waals surface area (Å²) in [7, 11) is 0. The SMILES string of the molecule is Cc1nc(C(C)NC(=O)C2(N3CCCC3)CCCC2)n[nH]1. The Morgan fingerprint density at radius 1 is 1.29 bits per heavy atom. The molecule has 21 heavy (non-hydrogen) atoms. The molecule has 1 aliphatic heterocycles. The zero-order valence-electron chi connectivity index (χ0n) is 13.0. The van der Waals surface area contributed by atoms with Crippen LogP contribution < -0.4 is 5.32 Å². The smallest absolute Gasteiger partial charge is 0.241 e. The van der Waals surface area contributed by atoms with Crippen LogP contribution in [0.2, 0.25) is 0 Å². The lowest BCUT2D eigenvalue weighted by molar-refractivity contribution is -0.133. The van der Waals surface area contributed by atoms with E-state index in [9.17, 15) is 4.79 Å². The number of likely N-dealkylation sites (tertiary alicyclic amines) is 1. The summed E-state index contributed by atoms with van der Waals surface area (Å²) in [6, 6.07) is -0.150. The average molecular weight is 291 g/mol. The minimum absolute atomic E-state index is 0.150. The van der Waals surface area contributed by atoms with Crippen molar-refractivity contribution in [3.8, 4) is 0 Å². The topological polar surface area (TPSA) is 73.9 Å². The number of amides is 1. The van der Waals surface area contributed by atoms with Gasteiger partial charge in [0.25, 0.3) is 0 Å². The lowest BCUT2D eigenvalue weighted by atomic mass is 9.93. The first-order chi connectivity index (χ1) is 10.1. The molecule has 0 bridgehead atoms. The van der Waals surface area contributed by atoms with E-state index in [0.29, 0.717) is 5.82 Å². The summed E-state index contributed by atoms with van der Waals surface area (Å²) < 4.78 is 0. The summed E-state index contributed by atoms with van der Waals surface area (Å²) >= 11 is 0. The molecule has 1 saturated carbocycles. The molecule has 0 aromatic carbocycles. The molecule has 1 aliphatic carbocycles. The van der Waals surface area contributed by atoms with Gasteiger partial charge in [0.2, 0.25) is 5.91 Å². The average Bonchev–Trinajstić information content (AvgIpc) is 3.20. The lowest BCUT2D eigenvalue weighted by Gasteiger charge is -2.37. The monoisotopic (exact) mass is 291 g/mol. The lowest BCUT2D eigenvalue weighted by Crippen LogP contribution is -2.56. The molecule has 2 fully saturated rings. The van der Waals surface area contributed by atoms with Crippen LogP contribution in [0.25, 0.3) is 0 Å². The second-order valence-corrected chi connectivity index (χ2v) is 6.41. The fourth-order valence-corrected chi connectivity index (χ4v) is 3.74. The molecule has 1 amide bonds. The highest BCUT2D eigenvalue weighted by atomic mass is 16.2. The number of aromatic amines is 1. The summed E-state index contributed by atoms with van der Waals surface area (Å²) in [5.41, 5.74) is -0.282. The van der Waals surface area contributed by atoms with Gasteiger partial charge in [0, 0.05) is 0 Å². The van der Waals surface area contributed by atoms with Crippen molar-refractivity contribution >= 4 is 5.91 Å². The summed E-state index contributed by atoms with van der Waals surface area (Å²) in [6.07, 6.45) is 6.70. The Kier molecular flexibility index (Phi) is 3.97. The molecular formula is C15H25N5O. The van der Waals surface area contributed by atoms with Gasteiger partial charge in [0.1, 0.15) is 11.4 Å². The van der Waals surface area contributed by atoms with Gasteiger partial charge in [-0.25, -0.2) is 4.98 Å². The number of nitrogens with zero attached hydrogens (tertiary/aromatic N) is 3. The molecule has 1 aromatic rings. The standard InChI is InChI=1S/C15H25N5O/c1-11(13-17-12(2)18-19-13)16-14(21)15(7-3-4-8-15)20-9-5-6-10-20/h11H,3-10H2,1-2H3,(H,16,21)(H,17,18,19). The molecule has 1 unspecified atom stereocenters. The quantitative estimate of drug-likeness (QED) is 0.885. The molecule has 6 heteroatoms. The van der Waals surface area contributed by atoms with Gasteiger partial charge in [-0.2, -0.15) is 5.10 Å². The van der Waals surface area contributed by atoms with Crippen molar-refractivity contribution < 1.29 is 4.79 Å². The van der Waals surface area contributed by atoms with Gasteiger partial charge in [-0.05, 0) is 52.6 Å². The minimum atomic E-state index is -0.282. The number of aryl methyl sites for hydroxylation is 1. The van der Waals surface area contributed by atoms with Crippen LogP contribution in [-0.2, 0) is 4.79 Å². The van der Waals surface area contributed by atoms with Crippen molar-refractivity contribution in [1.82, 2.24) is 25.4 Å². The third-order valence-corrected chi connectivity index (χ3v) is 4.91. The molecule has 2 aliphatic rings. The van der Waals surface area contributed by atoms with Crippen LogP contribution in [0.15, 0.2) is 0 Å². The number of nitrogens with one attached hydrogen (secondary N) is 2. The van der Waals surface area contributed by atoms with Gasteiger partial charge < -0.3 is 5.32 Å². The number of H-pyrrole nitrogens is 1. The normalized spacial score (nSPS) is 23.3. The molecule has 1 atom stereocenters. The summed E-state index contributed by atoms with van der Waals surface area (Å²) in [5, 5.41) is 10.1. The fourth-order valence-electron chi connectivity index (χ4n) is 3.74. The second-order valence-electron chi connectivity index (χ2n) is 6.41. The van der Waals surface area contributed by atoms with Crippen LogP contribution in [-0.4, -0.2) is 44.6 Å². The van der Waals surface area contributed by atoms with Crippen molar-refractivity contribution in [1.29, 1.82) is 0 Å². The first kappa shape index (κ1) is 14.5. The van der Waals surface area contributed by atoms with Crippen molar-refractivity contribution in [3.63, 3.8) is 0 Å². The van der Waals surface area contributed by atoms with E-state index in [1.54, 1.807) is 0 Å². The van der Waals surface area contributed by atoms with E-state index < -0.39 is 0 Å².